The highest BCUT2D eigenvalue weighted by molar-refractivity contribution is 5.38. The van der Waals surface area contributed by atoms with Gasteiger partial charge in [-0.05, 0) is 42.2 Å². The molecule has 0 saturated heterocycles. The molecule has 0 spiro atoms. The van der Waals surface area contributed by atoms with Gasteiger partial charge in [0.15, 0.2) is 0 Å². The van der Waals surface area contributed by atoms with Gasteiger partial charge in [0.05, 0.1) is 0 Å². The maximum atomic E-state index is 6.68. The molecule has 0 heterocycles. The standard InChI is InChI=1S/C16H26N2/c1-15(2,3)13-6-4-5-7-14(13)16(18)10-8-12(17)9-11-16/h4-7,12H,8-11,17-18H2,1-3H3. The molecule has 4 N–H and O–H groups in total. The van der Waals surface area contributed by atoms with E-state index in [1.807, 2.05) is 0 Å². The fraction of sp³-hybridized carbons (Fsp3) is 0.625. The number of benzene rings is 1. The van der Waals surface area contributed by atoms with Gasteiger partial charge in [-0.15, -0.1) is 0 Å². The summed E-state index contributed by atoms with van der Waals surface area (Å²) in [6.07, 6.45) is 4.08. The summed E-state index contributed by atoms with van der Waals surface area (Å²) < 4.78 is 0. The summed E-state index contributed by atoms with van der Waals surface area (Å²) in [6.45, 7) is 6.76. The number of hydrogen-bond donors (Lipinski definition) is 2. The first-order valence-corrected chi connectivity index (χ1v) is 6.97. The number of nitrogens with two attached hydrogens (primary N) is 2. The van der Waals surface area contributed by atoms with Crippen molar-refractivity contribution in [1.29, 1.82) is 0 Å². The smallest absolute Gasteiger partial charge is 0.0413 e. The quantitative estimate of drug-likeness (QED) is 0.800. The van der Waals surface area contributed by atoms with Gasteiger partial charge in [0, 0.05) is 11.6 Å². The van der Waals surface area contributed by atoms with Crippen LogP contribution in [0.25, 0.3) is 0 Å². The number of rotatable bonds is 1. The molecular weight excluding hydrogens is 220 g/mol. The van der Waals surface area contributed by atoms with Crippen molar-refractivity contribution >= 4 is 0 Å². The maximum absolute atomic E-state index is 6.68. The van der Waals surface area contributed by atoms with E-state index >= 15 is 0 Å². The molecule has 0 radical (unpaired) electrons. The molecular formula is C16H26N2. The van der Waals surface area contributed by atoms with Crippen molar-refractivity contribution in [2.24, 2.45) is 11.5 Å². The highest BCUT2D eigenvalue weighted by atomic mass is 14.8. The summed E-state index contributed by atoms with van der Waals surface area (Å²) in [6, 6.07) is 8.98. The zero-order chi connectivity index (χ0) is 13.4. The molecule has 0 aliphatic heterocycles. The van der Waals surface area contributed by atoms with Crippen molar-refractivity contribution in [1.82, 2.24) is 0 Å². The maximum Gasteiger partial charge on any atom is 0.0413 e. The molecule has 0 bridgehead atoms. The van der Waals surface area contributed by atoms with E-state index in [0.29, 0.717) is 6.04 Å². The Morgan fingerprint density at radius 3 is 2.22 bits per heavy atom. The molecule has 100 valence electrons. The van der Waals surface area contributed by atoms with E-state index < -0.39 is 0 Å². The van der Waals surface area contributed by atoms with Crippen molar-refractivity contribution in [3.05, 3.63) is 35.4 Å². The largest absolute Gasteiger partial charge is 0.328 e. The van der Waals surface area contributed by atoms with E-state index in [1.165, 1.54) is 11.1 Å². The summed E-state index contributed by atoms with van der Waals surface area (Å²) in [7, 11) is 0. The molecule has 18 heavy (non-hydrogen) atoms. The van der Waals surface area contributed by atoms with Gasteiger partial charge in [0.2, 0.25) is 0 Å². The van der Waals surface area contributed by atoms with E-state index in [-0.39, 0.29) is 11.0 Å². The third-order valence-electron chi connectivity index (χ3n) is 4.19. The second kappa shape index (κ2) is 4.67. The minimum atomic E-state index is -0.181. The van der Waals surface area contributed by atoms with Crippen LogP contribution in [0.1, 0.15) is 57.6 Å². The van der Waals surface area contributed by atoms with Crippen LogP contribution in [0.15, 0.2) is 24.3 Å². The highest BCUT2D eigenvalue weighted by Gasteiger charge is 2.35. The Bertz CT molecular complexity index is 409. The molecule has 0 amide bonds. The Kier molecular flexibility index (Phi) is 3.52. The van der Waals surface area contributed by atoms with Crippen LogP contribution in [-0.2, 0) is 11.0 Å². The van der Waals surface area contributed by atoms with Crippen LogP contribution >= 0.6 is 0 Å². The number of hydrogen-bond acceptors (Lipinski definition) is 2. The van der Waals surface area contributed by atoms with Crippen molar-refractivity contribution in [3.8, 4) is 0 Å². The molecule has 1 aromatic carbocycles. The zero-order valence-corrected chi connectivity index (χ0v) is 11.9. The van der Waals surface area contributed by atoms with Crippen LogP contribution in [0.5, 0.6) is 0 Å². The molecule has 0 atom stereocenters. The minimum absolute atomic E-state index is 0.141. The van der Waals surface area contributed by atoms with Crippen LogP contribution in [0, 0.1) is 0 Å². The van der Waals surface area contributed by atoms with Crippen LogP contribution in [0.4, 0.5) is 0 Å². The Hall–Kier alpha value is -0.860. The molecule has 2 heteroatoms. The van der Waals surface area contributed by atoms with E-state index in [4.69, 9.17) is 11.5 Å². The van der Waals surface area contributed by atoms with Gasteiger partial charge in [0.1, 0.15) is 0 Å². The molecule has 2 rings (SSSR count). The molecule has 0 unspecified atom stereocenters. The third kappa shape index (κ3) is 2.60. The molecule has 0 aromatic heterocycles. The molecule has 1 saturated carbocycles. The van der Waals surface area contributed by atoms with E-state index in [9.17, 15) is 0 Å². The predicted octanol–water partition coefficient (Wildman–Crippen LogP) is 3.04. The van der Waals surface area contributed by atoms with Crippen molar-refractivity contribution in [3.63, 3.8) is 0 Å². The fourth-order valence-electron chi connectivity index (χ4n) is 3.00. The lowest BCUT2D eigenvalue weighted by atomic mass is 9.70. The topological polar surface area (TPSA) is 52.0 Å². The SMILES string of the molecule is CC(C)(C)c1ccccc1C1(N)CCC(N)CC1. The summed E-state index contributed by atoms with van der Waals surface area (Å²) in [5.74, 6) is 0. The van der Waals surface area contributed by atoms with Gasteiger partial charge in [-0.3, -0.25) is 0 Å². The summed E-state index contributed by atoms with van der Waals surface area (Å²) in [4.78, 5) is 0. The molecule has 1 aliphatic carbocycles. The Morgan fingerprint density at radius 1 is 1.11 bits per heavy atom. The van der Waals surface area contributed by atoms with Crippen LogP contribution in [-0.4, -0.2) is 6.04 Å². The minimum Gasteiger partial charge on any atom is -0.328 e. The van der Waals surface area contributed by atoms with Gasteiger partial charge < -0.3 is 11.5 Å². The lowest BCUT2D eigenvalue weighted by Gasteiger charge is -2.39. The van der Waals surface area contributed by atoms with E-state index in [0.717, 1.165) is 25.7 Å². The second-order valence-electron chi connectivity index (χ2n) is 6.79. The third-order valence-corrected chi connectivity index (χ3v) is 4.19. The van der Waals surface area contributed by atoms with Crippen LogP contribution in [0.3, 0.4) is 0 Å². The summed E-state index contributed by atoms with van der Waals surface area (Å²) >= 11 is 0. The average molecular weight is 246 g/mol. The Balaban J connectivity index is 2.39. The molecule has 2 nitrogen and oxygen atoms in total. The average Bonchev–Trinajstić information content (AvgIpc) is 2.32. The van der Waals surface area contributed by atoms with E-state index in [2.05, 4.69) is 45.0 Å². The first-order chi connectivity index (χ1) is 8.33. The van der Waals surface area contributed by atoms with Crippen LogP contribution < -0.4 is 11.5 Å². The molecule has 1 fully saturated rings. The van der Waals surface area contributed by atoms with Gasteiger partial charge in [-0.2, -0.15) is 0 Å². The summed E-state index contributed by atoms with van der Waals surface area (Å²) in [5, 5.41) is 0. The van der Waals surface area contributed by atoms with E-state index in [1.54, 1.807) is 0 Å². The Morgan fingerprint density at radius 2 is 1.67 bits per heavy atom. The Labute approximate surface area is 111 Å². The lowest BCUT2D eigenvalue weighted by molar-refractivity contribution is 0.273. The first-order valence-electron chi connectivity index (χ1n) is 6.97. The van der Waals surface area contributed by atoms with Crippen LogP contribution in [0.2, 0.25) is 0 Å². The molecule has 1 aromatic rings. The van der Waals surface area contributed by atoms with Gasteiger partial charge in [-0.1, -0.05) is 45.0 Å². The van der Waals surface area contributed by atoms with Crippen molar-refractivity contribution < 1.29 is 0 Å². The highest BCUT2D eigenvalue weighted by Crippen LogP contribution is 2.39. The zero-order valence-electron chi connectivity index (χ0n) is 11.9. The van der Waals surface area contributed by atoms with Gasteiger partial charge in [0.25, 0.3) is 0 Å². The predicted molar refractivity (Wildman–Crippen MR) is 77.5 cm³/mol. The lowest BCUT2D eigenvalue weighted by Crippen LogP contribution is -2.45. The van der Waals surface area contributed by atoms with Gasteiger partial charge >= 0.3 is 0 Å². The molecule has 1 aliphatic rings. The van der Waals surface area contributed by atoms with Gasteiger partial charge in [-0.25, -0.2) is 0 Å². The second-order valence-corrected chi connectivity index (χ2v) is 6.79. The van der Waals surface area contributed by atoms with Crippen molar-refractivity contribution in [2.45, 2.75) is 63.5 Å². The summed E-state index contributed by atoms with van der Waals surface area (Å²) in [5.41, 5.74) is 15.3. The fourth-order valence-corrected chi connectivity index (χ4v) is 3.00. The normalized spacial score (nSPS) is 29.3. The monoisotopic (exact) mass is 246 g/mol. The van der Waals surface area contributed by atoms with Crippen molar-refractivity contribution in [2.75, 3.05) is 0 Å². The first kappa shape index (κ1) is 13.6.